The van der Waals surface area contributed by atoms with E-state index in [2.05, 4.69) is 49.5 Å². The maximum Gasteiger partial charge on any atom is 0.00675 e. The van der Waals surface area contributed by atoms with Gasteiger partial charge in [-0.25, -0.2) is 0 Å². The standard InChI is InChI=1S/C17H27N/c1-3-15-9-11-17(12-10-15)18-13-14(2)16-7-5-4-6-8-16/h4-8,14-15,17-18H,3,9-13H2,1-2H3. The molecule has 0 saturated heterocycles. The minimum atomic E-state index is 0.620. The van der Waals surface area contributed by atoms with Crippen LogP contribution in [0, 0.1) is 5.92 Å². The van der Waals surface area contributed by atoms with Gasteiger partial charge in [-0.15, -0.1) is 0 Å². The van der Waals surface area contributed by atoms with Crippen LogP contribution in [0.2, 0.25) is 0 Å². The molecule has 1 atom stereocenters. The molecule has 1 nitrogen and oxygen atoms in total. The van der Waals surface area contributed by atoms with Crippen molar-refractivity contribution in [1.82, 2.24) is 5.32 Å². The van der Waals surface area contributed by atoms with Gasteiger partial charge in [0.15, 0.2) is 0 Å². The van der Waals surface area contributed by atoms with E-state index in [0.29, 0.717) is 5.92 Å². The zero-order valence-electron chi connectivity index (χ0n) is 11.9. The lowest BCUT2D eigenvalue weighted by Gasteiger charge is -2.29. The SMILES string of the molecule is CCC1CCC(NCC(C)c2ccccc2)CC1. The average Bonchev–Trinajstić information content (AvgIpc) is 2.46. The highest BCUT2D eigenvalue weighted by molar-refractivity contribution is 5.19. The van der Waals surface area contributed by atoms with E-state index in [1.807, 2.05) is 0 Å². The maximum absolute atomic E-state index is 3.76. The minimum Gasteiger partial charge on any atom is -0.313 e. The molecule has 1 aliphatic rings. The van der Waals surface area contributed by atoms with Gasteiger partial charge >= 0.3 is 0 Å². The molecule has 2 rings (SSSR count). The highest BCUT2D eigenvalue weighted by Gasteiger charge is 2.19. The maximum atomic E-state index is 3.76. The van der Waals surface area contributed by atoms with Gasteiger partial charge in [-0.1, -0.05) is 50.6 Å². The predicted molar refractivity (Wildman–Crippen MR) is 78.9 cm³/mol. The second-order valence-electron chi connectivity index (χ2n) is 5.85. The van der Waals surface area contributed by atoms with Gasteiger partial charge < -0.3 is 5.32 Å². The van der Waals surface area contributed by atoms with Crippen LogP contribution in [-0.2, 0) is 0 Å². The molecule has 1 unspecified atom stereocenters. The molecule has 0 spiro atoms. The normalized spacial score (nSPS) is 25.9. The number of rotatable bonds is 5. The fourth-order valence-electron chi connectivity index (χ4n) is 3.02. The third kappa shape index (κ3) is 3.84. The smallest absolute Gasteiger partial charge is 0.00675 e. The summed E-state index contributed by atoms with van der Waals surface area (Å²) in [7, 11) is 0. The highest BCUT2D eigenvalue weighted by Crippen LogP contribution is 2.26. The summed E-state index contributed by atoms with van der Waals surface area (Å²) in [5, 5.41) is 3.76. The Morgan fingerprint density at radius 1 is 1.11 bits per heavy atom. The number of hydrogen-bond acceptors (Lipinski definition) is 1. The van der Waals surface area contributed by atoms with Crippen LogP contribution < -0.4 is 5.32 Å². The molecule has 1 fully saturated rings. The zero-order chi connectivity index (χ0) is 12.8. The molecule has 1 N–H and O–H groups in total. The Bertz CT molecular complexity index is 325. The monoisotopic (exact) mass is 245 g/mol. The summed E-state index contributed by atoms with van der Waals surface area (Å²) in [5.74, 6) is 1.62. The van der Waals surface area contributed by atoms with E-state index in [4.69, 9.17) is 0 Å². The molecule has 100 valence electrons. The third-order valence-corrected chi connectivity index (χ3v) is 4.51. The van der Waals surface area contributed by atoms with Crippen LogP contribution in [0.15, 0.2) is 30.3 Å². The van der Waals surface area contributed by atoms with Crippen molar-refractivity contribution in [3.63, 3.8) is 0 Å². The van der Waals surface area contributed by atoms with Gasteiger partial charge in [-0.3, -0.25) is 0 Å². The molecular formula is C17H27N. The topological polar surface area (TPSA) is 12.0 Å². The Kier molecular flexibility index (Phi) is 5.25. The van der Waals surface area contributed by atoms with Crippen molar-refractivity contribution in [2.75, 3.05) is 6.54 Å². The summed E-state index contributed by atoms with van der Waals surface area (Å²) in [6.07, 6.45) is 6.97. The van der Waals surface area contributed by atoms with E-state index < -0.39 is 0 Å². The van der Waals surface area contributed by atoms with Crippen molar-refractivity contribution in [1.29, 1.82) is 0 Å². The largest absolute Gasteiger partial charge is 0.313 e. The fraction of sp³-hybridized carbons (Fsp3) is 0.647. The lowest BCUT2D eigenvalue weighted by molar-refractivity contribution is 0.284. The molecule has 1 heteroatoms. The first-order valence-electron chi connectivity index (χ1n) is 7.58. The first-order valence-corrected chi connectivity index (χ1v) is 7.58. The molecule has 0 amide bonds. The summed E-state index contributed by atoms with van der Waals surface area (Å²) < 4.78 is 0. The van der Waals surface area contributed by atoms with Crippen LogP contribution in [0.25, 0.3) is 0 Å². The van der Waals surface area contributed by atoms with Crippen LogP contribution in [0.3, 0.4) is 0 Å². The second kappa shape index (κ2) is 6.94. The molecular weight excluding hydrogens is 218 g/mol. The van der Waals surface area contributed by atoms with Crippen LogP contribution in [0.1, 0.15) is 57.4 Å². The number of nitrogens with one attached hydrogen (secondary N) is 1. The molecule has 0 aromatic heterocycles. The van der Waals surface area contributed by atoms with Crippen LogP contribution in [0.5, 0.6) is 0 Å². The molecule has 0 bridgehead atoms. The Morgan fingerprint density at radius 2 is 1.78 bits per heavy atom. The van der Waals surface area contributed by atoms with Gasteiger partial charge in [0.05, 0.1) is 0 Å². The third-order valence-electron chi connectivity index (χ3n) is 4.51. The molecule has 0 radical (unpaired) electrons. The van der Waals surface area contributed by atoms with E-state index in [-0.39, 0.29) is 0 Å². The van der Waals surface area contributed by atoms with Crippen molar-refractivity contribution in [2.24, 2.45) is 5.92 Å². The van der Waals surface area contributed by atoms with Crippen LogP contribution in [0.4, 0.5) is 0 Å². The Balaban J connectivity index is 1.72. The van der Waals surface area contributed by atoms with Crippen molar-refractivity contribution in [3.05, 3.63) is 35.9 Å². The van der Waals surface area contributed by atoms with Crippen molar-refractivity contribution in [3.8, 4) is 0 Å². The lowest BCUT2D eigenvalue weighted by atomic mass is 9.84. The van der Waals surface area contributed by atoms with E-state index >= 15 is 0 Å². The summed E-state index contributed by atoms with van der Waals surface area (Å²) in [6.45, 7) is 5.77. The molecule has 1 saturated carbocycles. The molecule has 1 aromatic carbocycles. The van der Waals surface area contributed by atoms with E-state index in [0.717, 1.165) is 18.5 Å². The van der Waals surface area contributed by atoms with E-state index in [1.54, 1.807) is 0 Å². The predicted octanol–water partition coefficient (Wildman–Crippen LogP) is 4.35. The number of hydrogen-bond donors (Lipinski definition) is 1. The molecule has 0 aliphatic heterocycles. The summed E-state index contributed by atoms with van der Waals surface area (Å²) >= 11 is 0. The first kappa shape index (κ1) is 13.6. The zero-order valence-corrected chi connectivity index (χ0v) is 11.9. The molecule has 1 aromatic rings. The Morgan fingerprint density at radius 3 is 2.39 bits per heavy atom. The van der Waals surface area contributed by atoms with Gasteiger partial charge in [-0.2, -0.15) is 0 Å². The quantitative estimate of drug-likeness (QED) is 0.813. The van der Waals surface area contributed by atoms with Crippen molar-refractivity contribution >= 4 is 0 Å². The Hall–Kier alpha value is -0.820. The lowest BCUT2D eigenvalue weighted by Crippen LogP contribution is -2.35. The second-order valence-corrected chi connectivity index (χ2v) is 5.85. The summed E-state index contributed by atoms with van der Waals surface area (Å²) in [4.78, 5) is 0. The summed E-state index contributed by atoms with van der Waals surface area (Å²) in [5.41, 5.74) is 1.45. The minimum absolute atomic E-state index is 0.620. The van der Waals surface area contributed by atoms with Gasteiger partial charge in [0.25, 0.3) is 0 Å². The van der Waals surface area contributed by atoms with Crippen molar-refractivity contribution in [2.45, 2.75) is 57.9 Å². The van der Waals surface area contributed by atoms with Gasteiger partial charge in [0, 0.05) is 12.6 Å². The molecule has 1 aliphatic carbocycles. The molecule has 18 heavy (non-hydrogen) atoms. The van der Waals surface area contributed by atoms with Gasteiger partial charge in [-0.05, 0) is 43.1 Å². The van der Waals surface area contributed by atoms with Gasteiger partial charge in [0.2, 0.25) is 0 Å². The van der Waals surface area contributed by atoms with E-state index in [9.17, 15) is 0 Å². The van der Waals surface area contributed by atoms with Crippen LogP contribution in [-0.4, -0.2) is 12.6 Å². The Labute approximate surface area is 112 Å². The molecule has 0 heterocycles. The highest BCUT2D eigenvalue weighted by atomic mass is 14.9. The first-order chi connectivity index (χ1) is 8.79. The fourth-order valence-corrected chi connectivity index (χ4v) is 3.02. The van der Waals surface area contributed by atoms with Gasteiger partial charge in [0.1, 0.15) is 0 Å². The van der Waals surface area contributed by atoms with Crippen molar-refractivity contribution < 1.29 is 0 Å². The summed E-state index contributed by atoms with van der Waals surface area (Å²) in [6, 6.07) is 11.6. The van der Waals surface area contributed by atoms with Crippen LogP contribution >= 0.6 is 0 Å². The number of benzene rings is 1. The average molecular weight is 245 g/mol. The van der Waals surface area contributed by atoms with E-state index in [1.165, 1.54) is 37.7 Å².